The van der Waals surface area contributed by atoms with Gasteiger partial charge in [-0.25, -0.2) is 0 Å². The largest absolute Gasteiger partial charge is 0.342 e. The first-order chi connectivity index (χ1) is 8.20. The molecule has 0 unspecified atom stereocenters. The molecule has 0 spiro atoms. The van der Waals surface area contributed by atoms with E-state index in [1.165, 1.54) is 25.7 Å². The van der Waals surface area contributed by atoms with Gasteiger partial charge in [0.2, 0.25) is 5.91 Å². The topological polar surface area (TPSA) is 35.6 Å². The number of likely N-dealkylation sites (tertiary alicyclic amines) is 1. The van der Waals surface area contributed by atoms with E-state index in [1.54, 1.807) is 0 Å². The molecule has 0 bridgehead atoms. The van der Waals surface area contributed by atoms with Gasteiger partial charge in [0.1, 0.15) is 0 Å². The Labute approximate surface area is 105 Å². The second-order valence-corrected chi connectivity index (χ2v) is 5.13. The number of carbonyl (C=O) groups excluding carboxylic acids is 1. The standard InChI is InChI=1S/C13H27N3O/c1-15(2)9-7-8-14-12-13(17)16-10-5-3-4-6-11-16/h14H,3-12H2,1-2H3. The minimum Gasteiger partial charge on any atom is -0.342 e. The molecule has 0 aliphatic carbocycles. The van der Waals surface area contributed by atoms with Crippen molar-refractivity contribution in [2.75, 3.05) is 46.8 Å². The molecule has 0 aromatic carbocycles. The zero-order valence-electron chi connectivity index (χ0n) is 11.4. The molecule has 0 radical (unpaired) electrons. The molecule has 1 N–H and O–H groups in total. The molecule has 0 aromatic heterocycles. The minimum atomic E-state index is 0.275. The molecule has 4 heteroatoms. The van der Waals surface area contributed by atoms with Gasteiger partial charge in [0.25, 0.3) is 0 Å². The summed E-state index contributed by atoms with van der Waals surface area (Å²) in [5.74, 6) is 0.275. The van der Waals surface area contributed by atoms with Crippen LogP contribution in [0.1, 0.15) is 32.1 Å². The number of hydrogen-bond acceptors (Lipinski definition) is 3. The van der Waals surface area contributed by atoms with Crippen molar-refractivity contribution in [2.45, 2.75) is 32.1 Å². The van der Waals surface area contributed by atoms with E-state index in [4.69, 9.17) is 0 Å². The summed E-state index contributed by atoms with van der Waals surface area (Å²) in [6.07, 6.45) is 6.00. The lowest BCUT2D eigenvalue weighted by molar-refractivity contribution is -0.130. The lowest BCUT2D eigenvalue weighted by Crippen LogP contribution is -2.39. The highest BCUT2D eigenvalue weighted by molar-refractivity contribution is 5.78. The third-order valence-electron chi connectivity index (χ3n) is 3.19. The SMILES string of the molecule is CN(C)CCCNCC(=O)N1CCCCCC1. The number of hydrogen-bond donors (Lipinski definition) is 1. The molecule has 1 aliphatic heterocycles. The van der Waals surface area contributed by atoms with E-state index in [0.29, 0.717) is 6.54 Å². The van der Waals surface area contributed by atoms with Crippen molar-refractivity contribution in [1.82, 2.24) is 15.1 Å². The molecule has 0 aromatic rings. The quantitative estimate of drug-likeness (QED) is 0.703. The minimum absolute atomic E-state index is 0.275. The molecule has 17 heavy (non-hydrogen) atoms. The van der Waals surface area contributed by atoms with Crippen molar-refractivity contribution in [3.63, 3.8) is 0 Å². The van der Waals surface area contributed by atoms with Gasteiger partial charge in [-0.3, -0.25) is 4.79 Å². The van der Waals surface area contributed by atoms with Crippen molar-refractivity contribution in [1.29, 1.82) is 0 Å². The molecular formula is C13H27N3O. The van der Waals surface area contributed by atoms with E-state index in [9.17, 15) is 4.79 Å². The number of carbonyl (C=O) groups is 1. The highest BCUT2D eigenvalue weighted by Gasteiger charge is 2.14. The van der Waals surface area contributed by atoms with E-state index in [-0.39, 0.29) is 5.91 Å². The molecule has 1 rings (SSSR count). The van der Waals surface area contributed by atoms with E-state index >= 15 is 0 Å². The van der Waals surface area contributed by atoms with Crippen molar-refractivity contribution in [2.24, 2.45) is 0 Å². The van der Waals surface area contributed by atoms with E-state index in [0.717, 1.165) is 32.6 Å². The summed E-state index contributed by atoms with van der Waals surface area (Å²) in [6.45, 7) is 4.42. The van der Waals surface area contributed by atoms with Gasteiger partial charge in [-0.05, 0) is 46.4 Å². The van der Waals surface area contributed by atoms with Gasteiger partial charge in [-0.1, -0.05) is 12.8 Å². The van der Waals surface area contributed by atoms with Crippen LogP contribution in [0.5, 0.6) is 0 Å². The van der Waals surface area contributed by atoms with Crippen LogP contribution in [-0.4, -0.2) is 62.5 Å². The summed E-state index contributed by atoms with van der Waals surface area (Å²) >= 11 is 0. The predicted molar refractivity (Wildman–Crippen MR) is 71.1 cm³/mol. The number of amides is 1. The lowest BCUT2D eigenvalue weighted by atomic mass is 10.2. The molecule has 0 saturated carbocycles. The van der Waals surface area contributed by atoms with Crippen LogP contribution in [-0.2, 0) is 4.79 Å². The molecule has 1 fully saturated rings. The third kappa shape index (κ3) is 6.64. The number of rotatable bonds is 6. The van der Waals surface area contributed by atoms with Crippen molar-refractivity contribution in [3.8, 4) is 0 Å². The highest BCUT2D eigenvalue weighted by atomic mass is 16.2. The fourth-order valence-electron chi connectivity index (χ4n) is 2.15. The van der Waals surface area contributed by atoms with Gasteiger partial charge in [0, 0.05) is 13.1 Å². The maximum absolute atomic E-state index is 11.9. The van der Waals surface area contributed by atoms with Gasteiger partial charge in [0.05, 0.1) is 6.54 Å². The molecule has 0 atom stereocenters. The highest BCUT2D eigenvalue weighted by Crippen LogP contribution is 2.09. The van der Waals surface area contributed by atoms with Crippen molar-refractivity contribution >= 4 is 5.91 Å². The van der Waals surface area contributed by atoms with Gasteiger partial charge < -0.3 is 15.1 Å². The maximum Gasteiger partial charge on any atom is 0.236 e. The Balaban J connectivity index is 2.07. The summed E-state index contributed by atoms with van der Waals surface area (Å²) < 4.78 is 0. The molecule has 1 heterocycles. The molecular weight excluding hydrogens is 214 g/mol. The van der Waals surface area contributed by atoms with Crippen LogP contribution in [0.25, 0.3) is 0 Å². The number of nitrogens with one attached hydrogen (secondary N) is 1. The van der Waals surface area contributed by atoms with Gasteiger partial charge >= 0.3 is 0 Å². The lowest BCUT2D eigenvalue weighted by Gasteiger charge is -2.20. The van der Waals surface area contributed by atoms with Crippen LogP contribution in [0.2, 0.25) is 0 Å². The van der Waals surface area contributed by atoms with E-state index in [2.05, 4.69) is 24.3 Å². The van der Waals surface area contributed by atoms with Crippen LogP contribution in [0.3, 0.4) is 0 Å². The van der Waals surface area contributed by atoms with Gasteiger partial charge in [-0.15, -0.1) is 0 Å². The van der Waals surface area contributed by atoms with Crippen LogP contribution in [0.15, 0.2) is 0 Å². The first kappa shape index (κ1) is 14.5. The first-order valence-corrected chi connectivity index (χ1v) is 6.83. The average molecular weight is 241 g/mol. The van der Waals surface area contributed by atoms with Crippen LogP contribution >= 0.6 is 0 Å². The monoisotopic (exact) mass is 241 g/mol. The van der Waals surface area contributed by atoms with Crippen molar-refractivity contribution in [3.05, 3.63) is 0 Å². The average Bonchev–Trinajstić information content (AvgIpc) is 2.56. The van der Waals surface area contributed by atoms with E-state index in [1.807, 2.05) is 4.90 Å². The molecule has 100 valence electrons. The smallest absolute Gasteiger partial charge is 0.236 e. The molecule has 1 aliphatic rings. The van der Waals surface area contributed by atoms with Gasteiger partial charge in [-0.2, -0.15) is 0 Å². The summed E-state index contributed by atoms with van der Waals surface area (Å²) in [5.41, 5.74) is 0. The Hall–Kier alpha value is -0.610. The summed E-state index contributed by atoms with van der Waals surface area (Å²) in [4.78, 5) is 16.1. The third-order valence-corrected chi connectivity index (χ3v) is 3.19. The summed E-state index contributed by atoms with van der Waals surface area (Å²) in [5, 5.41) is 3.24. The Morgan fingerprint density at radius 2 is 1.82 bits per heavy atom. The second kappa shape index (κ2) is 8.48. The van der Waals surface area contributed by atoms with Gasteiger partial charge in [0.15, 0.2) is 0 Å². The Bertz CT molecular complexity index is 211. The summed E-state index contributed by atoms with van der Waals surface area (Å²) in [6, 6.07) is 0. The Morgan fingerprint density at radius 3 is 2.41 bits per heavy atom. The predicted octanol–water partition coefficient (Wildman–Crippen LogP) is 0.930. The van der Waals surface area contributed by atoms with Crippen LogP contribution < -0.4 is 5.32 Å². The molecule has 1 amide bonds. The Kier molecular flexibility index (Phi) is 7.21. The van der Waals surface area contributed by atoms with Crippen LogP contribution in [0.4, 0.5) is 0 Å². The molecule has 1 saturated heterocycles. The first-order valence-electron chi connectivity index (χ1n) is 6.83. The summed E-state index contributed by atoms with van der Waals surface area (Å²) in [7, 11) is 4.14. The maximum atomic E-state index is 11.9. The second-order valence-electron chi connectivity index (χ2n) is 5.13. The normalized spacial score (nSPS) is 17.2. The Morgan fingerprint density at radius 1 is 1.18 bits per heavy atom. The fraction of sp³-hybridized carbons (Fsp3) is 0.923. The molecule has 4 nitrogen and oxygen atoms in total. The van der Waals surface area contributed by atoms with E-state index < -0.39 is 0 Å². The fourth-order valence-corrected chi connectivity index (χ4v) is 2.15. The number of nitrogens with zero attached hydrogens (tertiary/aromatic N) is 2. The zero-order valence-corrected chi connectivity index (χ0v) is 11.4. The zero-order chi connectivity index (χ0) is 12.5. The van der Waals surface area contributed by atoms with Crippen molar-refractivity contribution < 1.29 is 4.79 Å². The van der Waals surface area contributed by atoms with Crippen LogP contribution in [0, 0.1) is 0 Å².